The Hall–Kier alpha value is -1.32. The van der Waals surface area contributed by atoms with Crippen LogP contribution in [0.2, 0.25) is 0 Å². The van der Waals surface area contributed by atoms with Crippen molar-refractivity contribution in [3.63, 3.8) is 0 Å². The van der Waals surface area contributed by atoms with Crippen molar-refractivity contribution >= 4 is 52.1 Å². The number of hydrogen-bond acceptors (Lipinski definition) is 7. The molecule has 21 heavy (non-hydrogen) atoms. The first-order chi connectivity index (χ1) is 10.1. The lowest BCUT2D eigenvalue weighted by molar-refractivity contribution is -0.115. The fraction of sp³-hybridized carbons (Fsp3) is 0.250. The number of halogens is 1. The van der Waals surface area contributed by atoms with Crippen molar-refractivity contribution < 1.29 is 9.18 Å². The Morgan fingerprint density at radius 1 is 1.43 bits per heavy atom. The molecule has 0 spiro atoms. The molecule has 0 fully saturated rings. The number of carbonyl (C=O) groups excluding carboxylic acids is 1. The van der Waals surface area contributed by atoms with E-state index in [-0.39, 0.29) is 11.6 Å². The molecule has 0 aliphatic carbocycles. The highest BCUT2D eigenvalue weighted by Gasteiger charge is 2.07. The maximum Gasteiger partial charge on any atom is 0.225 e. The third kappa shape index (κ3) is 4.87. The van der Waals surface area contributed by atoms with Gasteiger partial charge in [-0.25, -0.2) is 4.39 Å². The Bertz CT molecular complexity index is 635. The zero-order chi connectivity index (χ0) is 15.2. The maximum absolute atomic E-state index is 13.0. The summed E-state index contributed by atoms with van der Waals surface area (Å²) in [6, 6.07) is 4.10. The molecular formula is C12H13FN4OS3. The molecule has 0 bridgehead atoms. The van der Waals surface area contributed by atoms with Crippen LogP contribution in [0.15, 0.2) is 26.9 Å². The number of aromatic nitrogens is 2. The molecule has 1 aromatic carbocycles. The zero-order valence-electron chi connectivity index (χ0n) is 11.1. The molecule has 0 aliphatic rings. The first-order valence-electron chi connectivity index (χ1n) is 5.93. The predicted octanol–water partition coefficient (Wildman–Crippen LogP) is 3.10. The Morgan fingerprint density at radius 2 is 2.19 bits per heavy atom. The van der Waals surface area contributed by atoms with E-state index >= 15 is 0 Å². The van der Waals surface area contributed by atoms with Crippen LogP contribution in [0.25, 0.3) is 0 Å². The van der Waals surface area contributed by atoms with E-state index in [9.17, 15) is 9.18 Å². The van der Waals surface area contributed by atoms with Gasteiger partial charge >= 0.3 is 0 Å². The van der Waals surface area contributed by atoms with Gasteiger partial charge in [0.25, 0.3) is 0 Å². The fourth-order valence-electron chi connectivity index (χ4n) is 1.41. The largest absolute Gasteiger partial charge is 0.396 e. The lowest BCUT2D eigenvalue weighted by Gasteiger charge is -2.05. The van der Waals surface area contributed by atoms with Crippen molar-refractivity contribution in [1.82, 2.24) is 10.2 Å². The normalized spacial score (nSPS) is 10.6. The van der Waals surface area contributed by atoms with Crippen molar-refractivity contribution in [3.8, 4) is 0 Å². The van der Waals surface area contributed by atoms with Crippen LogP contribution in [0.3, 0.4) is 0 Å². The monoisotopic (exact) mass is 344 g/mol. The van der Waals surface area contributed by atoms with Gasteiger partial charge in [-0.3, -0.25) is 4.79 Å². The number of anilines is 2. The highest BCUT2D eigenvalue weighted by molar-refractivity contribution is 8.02. The number of amides is 1. The molecule has 0 saturated heterocycles. The minimum atomic E-state index is -0.496. The number of thioether (sulfide) groups is 2. The third-order valence-corrected chi connectivity index (χ3v) is 5.43. The molecule has 0 unspecified atom stereocenters. The Morgan fingerprint density at radius 3 is 2.86 bits per heavy atom. The Labute approximate surface area is 133 Å². The SMILES string of the molecule is CSc1nnc(SCCC(=O)Nc2ccc(F)c(N)c2)s1. The van der Waals surface area contributed by atoms with Crippen LogP contribution in [0.5, 0.6) is 0 Å². The van der Waals surface area contributed by atoms with E-state index in [4.69, 9.17) is 5.73 Å². The van der Waals surface area contributed by atoms with Gasteiger partial charge < -0.3 is 11.1 Å². The number of hydrogen-bond donors (Lipinski definition) is 2. The summed E-state index contributed by atoms with van der Waals surface area (Å²) < 4.78 is 14.8. The molecule has 9 heteroatoms. The van der Waals surface area contributed by atoms with E-state index < -0.39 is 5.82 Å². The molecule has 0 atom stereocenters. The van der Waals surface area contributed by atoms with E-state index in [1.165, 1.54) is 41.3 Å². The van der Waals surface area contributed by atoms with Crippen LogP contribution < -0.4 is 11.1 Å². The summed E-state index contributed by atoms with van der Waals surface area (Å²) in [5.41, 5.74) is 5.95. The summed E-state index contributed by atoms with van der Waals surface area (Å²) in [7, 11) is 0. The van der Waals surface area contributed by atoms with Crippen molar-refractivity contribution in [1.29, 1.82) is 0 Å². The second-order valence-electron chi connectivity index (χ2n) is 3.92. The molecule has 0 radical (unpaired) electrons. The summed E-state index contributed by atoms with van der Waals surface area (Å²) in [5, 5.41) is 10.7. The highest BCUT2D eigenvalue weighted by atomic mass is 32.2. The van der Waals surface area contributed by atoms with Gasteiger partial charge in [0.2, 0.25) is 5.91 Å². The summed E-state index contributed by atoms with van der Waals surface area (Å²) in [4.78, 5) is 11.8. The van der Waals surface area contributed by atoms with E-state index in [1.807, 2.05) is 6.26 Å². The quantitative estimate of drug-likeness (QED) is 0.619. The van der Waals surface area contributed by atoms with Gasteiger partial charge in [-0.1, -0.05) is 34.9 Å². The lowest BCUT2D eigenvalue weighted by atomic mass is 10.2. The topological polar surface area (TPSA) is 80.9 Å². The number of carbonyl (C=O) groups is 1. The summed E-state index contributed by atoms with van der Waals surface area (Å²) in [5.74, 6) is -0.0431. The van der Waals surface area contributed by atoms with E-state index in [0.29, 0.717) is 17.9 Å². The first kappa shape index (κ1) is 16.1. The van der Waals surface area contributed by atoms with E-state index in [1.54, 1.807) is 11.8 Å². The zero-order valence-corrected chi connectivity index (χ0v) is 13.6. The van der Waals surface area contributed by atoms with Crippen LogP contribution in [-0.2, 0) is 4.79 Å². The number of nitrogens with zero attached hydrogens (tertiary/aromatic N) is 2. The van der Waals surface area contributed by atoms with Gasteiger partial charge in [-0.05, 0) is 24.5 Å². The first-order valence-corrected chi connectivity index (χ1v) is 8.96. The second-order valence-corrected chi connectivity index (χ2v) is 7.29. The summed E-state index contributed by atoms with van der Waals surface area (Å²) in [6.07, 6.45) is 2.27. The van der Waals surface area contributed by atoms with Crippen LogP contribution in [0, 0.1) is 5.82 Å². The lowest BCUT2D eigenvalue weighted by Crippen LogP contribution is -2.12. The molecule has 0 saturated carbocycles. The van der Waals surface area contributed by atoms with Gasteiger partial charge in [0.05, 0.1) is 5.69 Å². The van der Waals surface area contributed by atoms with Crippen LogP contribution in [-0.4, -0.2) is 28.1 Å². The van der Waals surface area contributed by atoms with Gasteiger partial charge in [0, 0.05) is 17.9 Å². The average molecular weight is 344 g/mol. The summed E-state index contributed by atoms with van der Waals surface area (Å²) in [6.45, 7) is 0. The minimum absolute atomic E-state index is 0.0145. The molecule has 2 aromatic rings. The van der Waals surface area contributed by atoms with Crippen molar-refractivity contribution in [2.75, 3.05) is 23.1 Å². The second kappa shape index (κ2) is 7.62. The smallest absolute Gasteiger partial charge is 0.225 e. The molecule has 1 amide bonds. The number of nitrogens with one attached hydrogen (secondary N) is 1. The predicted molar refractivity (Wildman–Crippen MR) is 86.5 cm³/mol. The molecular weight excluding hydrogens is 331 g/mol. The van der Waals surface area contributed by atoms with Crippen LogP contribution >= 0.6 is 34.9 Å². The standard InChI is InChI=1S/C12H13FN4OS3/c1-19-11-16-17-12(21-11)20-5-4-10(18)15-7-2-3-8(13)9(14)6-7/h2-3,6H,4-5,14H2,1H3,(H,15,18). The van der Waals surface area contributed by atoms with Crippen molar-refractivity contribution in [3.05, 3.63) is 24.0 Å². The molecule has 2 rings (SSSR count). The number of nitrogen functional groups attached to an aromatic ring is 1. The molecule has 3 N–H and O–H groups in total. The molecule has 112 valence electrons. The van der Waals surface area contributed by atoms with Gasteiger partial charge in [-0.2, -0.15) is 0 Å². The maximum atomic E-state index is 13.0. The fourth-order valence-corrected chi connectivity index (χ4v) is 3.86. The number of benzene rings is 1. The minimum Gasteiger partial charge on any atom is -0.396 e. The Balaban J connectivity index is 1.78. The van der Waals surface area contributed by atoms with Gasteiger partial charge in [0.1, 0.15) is 5.82 Å². The van der Waals surface area contributed by atoms with Crippen molar-refractivity contribution in [2.45, 2.75) is 15.1 Å². The number of nitrogens with two attached hydrogens (primary N) is 1. The van der Waals surface area contributed by atoms with E-state index in [0.717, 1.165) is 8.68 Å². The van der Waals surface area contributed by atoms with Gasteiger partial charge in [-0.15, -0.1) is 10.2 Å². The molecule has 0 aliphatic heterocycles. The average Bonchev–Trinajstić information content (AvgIpc) is 2.91. The number of rotatable bonds is 6. The molecule has 5 nitrogen and oxygen atoms in total. The van der Waals surface area contributed by atoms with Crippen LogP contribution in [0.1, 0.15) is 6.42 Å². The molecule has 1 heterocycles. The molecule has 1 aromatic heterocycles. The third-order valence-electron chi connectivity index (χ3n) is 2.40. The summed E-state index contributed by atoms with van der Waals surface area (Å²) >= 11 is 4.54. The van der Waals surface area contributed by atoms with Crippen molar-refractivity contribution in [2.24, 2.45) is 0 Å². The van der Waals surface area contributed by atoms with Gasteiger partial charge in [0.15, 0.2) is 8.68 Å². The van der Waals surface area contributed by atoms with E-state index in [2.05, 4.69) is 15.5 Å². The Kier molecular flexibility index (Phi) is 5.83. The highest BCUT2D eigenvalue weighted by Crippen LogP contribution is 2.27. The van der Waals surface area contributed by atoms with Crippen LogP contribution in [0.4, 0.5) is 15.8 Å².